The molecule has 24 heavy (non-hydrogen) atoms. The zero-order valence-electron chi connectivity index (χ0n) is 14.1. The lowest BCUT2D eigenvalue weighted by atomic mass is 10.2. The number of para-hydroxylation sites is 2. The molecule has 0 saturated carbocycles. The number of hydrogen-bond donors (Lipinski definition) is 2. The first kappa shape index (κ1) is 16.8. The standard InChI is InChI=1S/C18H25N3O3/c22-17(19-10-6-13-20-11-3-4-12-20)9-5-14-21-15-7-1-2-8-16(15)24-18(21)23/h1-2,7-8H,3-6,9-14H2,(H,19,22)/p+1. The lowest BCUT2D eigenvalue weighted by Crippen LogP contribution is -3.10. The van der Waals surface area contributed by atoms with Crippen molar-refractivity contribution >= 4 is 17.0 Å². The predicted octanol–water partition coefficient (Wildman–Crippen LogP) is 0.560. The van der Waals surface area contributed by atoms with E-state index in [2.05, 4.69) is 5.32 Å². The summed E-state index contributed by atoms with van der Waals surface area (Å²) < 4.78 is 6.79. The van der Waals surface area contributed by atoms with Crippen molar-refractivity contribution in [1.29, 1.82) is 0 Å². The molecular formula is C18H26N3O3+. The topological polar surface area (TPSA) is 68.7 Å². The van der Waals surface area contributed by atoms with E-state index in [1.54, 1.807) is 15.5 Å². The molecule has 0 radical (unpaired) electrons. The van der Waals surface area contributed by atoms with Crippen LogP contribution >= 0.6 is 0 Å². The number of nitrogens with zero attached hydrogens (tertiary/aromatic N) is 1. The number of carbonyl (C=O) groups excluding carboxylic acids is 1. The van der Waals surface area contributed by atoms with Crippen LogP contribution in [-0.2, 0) is 11.3 Å². The zero-order chi connectivity index (χ0) is 16.8. The predicted molar refractivity (Wildman–Crippen MR) is 92.1 cm³/mol. The summed E-state index contributed by atoms with van der Waals surface area (Å²) in [4.78, 5) is 25.4. The van der Waals surface area contributed by atoms with Crippen LogP contribution in [0.25, 0.3) is 11.1 Å². The molecule has 2 heterocycles. The number of quaternary nitrogens is 1. The number of aryl methyl sites for hydroxylation is 1. The quantitative estimate of drug-likeness (QED) is 0.694. The summed E-state index contributed by atoms with van der Waals surface area (Å²) in [7, 11) is 0. The monoisotopic (exact) mass is 332 g/mol. The number of aromatic nitrogens is 1. The second kappa shape index (κ2) is 8.15. The third-order valence-corrected chi connectivity index (χ3v) is 4.70. The van der Waals surface area contributed by atoms with Gasteiger partial charge in [0.2, 0.25) is 5.91 Å². The van der Waals surface area contributed by atoms with Crippen LogP contribution in [-0.4, -0.2) is 36.7 Å². The number of hydrogen-bond acceptors (Lipinski definition) is 3. The van der Waals surface area contributed by atoms with Crippen LogP contribution < -0.4 is 16.0 Å². The van der Waals surface area contributed by atoms with Crippen molar-refractivity contribution in [3.8, 4) is 0 Å². The van der Waals surface area contributed by atoms with E-state index in [1.165, 1.54) is 25.9 Å². The fourth-order valence-corrected chi connectivity index (χ4v) is 3.40. The number of benzene rings is 1. The van der Waals surface area contributed by atoms with Crippen molar-refractivity contribution in [3.63, 3.8) is 0 Å². The Kier molecular flexibility index (Phi) is 5.69. The molecule has 3 rings (SSSR count). The third kappa shape index (κ3) is 4.26. The van der Waals surface area contributed by atoms with Gasteiger partial charge in [0.1, 0.15) is 0 Å². The molecule has 6 nitrogen and oxygen atoms in total. The molecule has 0 bridgehead atoms. The van der Waals surface area contributed by atoms with Crippen LogP contribution in [0.1, 0.15) is 32.1 Å². The summed E-state index contributed by atoms with van der Waals surface area (Å²) in [5.41, 5.74) is 1.38. The summed E-state index contributed by atoms with van der Waals surface area (Å²) in [6.45, 7) is 4.96. The maximum absolute atomic E-state index is 11.9. The van der Waals surface area contributed by atoms with Crippen LogP contribution in [0, 0.1) is 0 Å². The van der Waals surface area contributed by atoms with Crippen LogP contribution in [0.4, 0.5) is 0 Å². The third-order valence-electron chi connectivity index (χ3n) is 4.70. The molecule has 1 aliphatic heterocycles. The number of rotatable bonds is 8. The fraction of sp³-hybridized carbons (Fsp3) is 0.556. The largest absolute Gasteiger partial charge is 0.419 e. The molecular weight excluding hydrogens is 306 g/mol. The van der Waals surface area contributed by atoms with Gasteiger partial charge in [0.25, 0.3) is 0 Å². The van der Waals surface area contributed by atoms with E-state index >= 15 is 0 Å². The normalized spacial score (nSPS) is 15.2. The van der Waals surface area contributed by atoms with Gasteiger partial charge in [-0.05, 0) is 18.6 Å². The van der Waals surface area contributed by atoms with Gasteiger partial charge in [-0.2, -0.15) is 0 Å². The lowest BCUT2D eigenvalue weighted by molar-refractivity contribution is -0.887. The smallest absolute Gasteiger partial charge is 0.408 e. The van der Waals surface area contributed by atoms with E-state index in [9.17, 15) is 9.59 Å². The van der Waals surface area contributed by atoms with Crippen molar-refractivity contribution in [3.05, 3.63) is 34.8 Å². The number of fused-ring (bicyclic) bond motifs is 1. The minimum atomic E-state index is -0.356. The highest BCUT2D eigenvalue weighted by atomic mass is 16.4. The molecule has 1 saturated heterocycles. The van der Waals surface area contributed by atoms with Gasteiger partial charge in [0, 0.05) is 38.8 Å². The van der Waals surface area contributed by atoms with Crippen molar-refractivity contribution in [1.82, 2.24) is 9.88 Å². The molecule has 0 atom stereocenters. The van der Waals surface area contributed by atoms with Crippen LogP contribution in [0.3, 0.4) is 0 Å². The van der Waals surface area contributed by atoms with Gasteiger partial charge >= 0.3 is 5.76 Å². The van der Waals surface area contributed by atoms with E-state index in [-0.39, 0.29) is 11.7 Å². The Morgan fingerprint density at radius 2 is 2.00 bits per heavy atom. The number of carbonyl (C=O) groups is 1. The Morgan fingerprint density at radius 1 is 1.21 bits per heavy atom. The maximum Gasteiger partial charge on any atom is 0.419 e. The Hall–Kier alpha value is -2.08. The average Bonchev–Trinajstić information content (AvgIpc) is 3.20. The summed E-state index contributed by atoms with van der Waals surface area (Å²) in [6, 6.07) is 7.36. The first-order valence-corrected chi connectivity index (χ1v) is 8.93. The molecule has 1 fully saturated rings. The summed E-state index contributed by atoms with van der Waals surface area (Å²) in [5, 5.41) is 2.98. The second-order valence-electron chi connectivity index (χ2n) is 6.50. The number of nitrogens with one attached hydrogen (secondary N) is 2. The Morgan fingerprint density at radius 3 is 2.83 bits per heavy atom. The fourth-order valence-electron chi connectivity index (χ4n) is 3.40. The molecule has 130 valence electrons. The summed E-state index contributed by atoms with van der Waals surface area (Å²) >= 11 is 0. The second-order valence-corrected chi connectivity index (χ2v) is 6.50. The molecule has 2 aromatic rings. The van der Waals surface area contributed by atoms with Gasteiger partial charge < -0.3 is 14.6 Å². The zero-order valence-corrected chi connectivity index (χ0v) is 14.1. The van der Waals surface area contributed by atoms with Gasteiger partial charge in [-0.1, -0.05) is 12.1 Å². The SMILES string of the molecule is O=C(CCCn1c(=O)oc2ccccc21)NCCC[NH+]1CCCC1. The first-order valence-electron chi connectivity index (χ1n) is 8.93. The molecule has 1 amide bonds. The number of oxazole rings is 1. The molecule has 6 heteroatoms. The lowest BCUT2D eigenvalue weighted by Gasteiger charge is -2.12. The Bertz CT molecular complexity index is 728. The van der Waals surface area contributed by atoms with E-state index in [0.717, 1.165) is 25.0 Å². The molecule has 1 aromatic carbocycles. The Labute approximate surface area is 141 Å². The van der Waals surface area contributed by atoms with Gasteiger partial charge in [-0.3, -0.25) is 9.36 Å². The average molecular weight is 332 g/mol. The van der Waals surface area contributed by atoms with Gasteiger partial charge in [-0.15, -0.1) is 0 Å². The van der Waals surface area contributed by atoms with Gasteiger partial charge in [0.05, 0.1) is 25.2 Å². The van der Waals surface area contributed by atoms with E-state index in [0.29, 0.717) is 25.0 Å². The minimum absolute atomic E-state index is 0.0623. The van der Waals surface area contributed by atoms with Crippen molar-refractivity contribution in [2.45, 2.75) is 38.6 Å². The van der Waals surface area contributed by atoms with Crippen molar-refractivity contribution in [2.24, 2.45) is 0 Å². The molecule has 0 aliphatic carbocycles. The molecule has 1 aromatic heterocycles. The molecule has 2 N–H and O–H groups in total. The first-order chi connectivity index (χ1) is 11.7. The van der Waals surface area contributed by atoms with Crippen LogP contribution in [0.2, 0.25) is 0 Å². The highest BCUT2D eigenvalue weighted by Crippen LogP contribution is 2.12. The van der Waals surface area contributed by atoms with Gasteiger partial charge in [0.15, 0.2) is 5.58 Å². The molecule has 1 aliphatic rings. The Balaban J connectivity index is 1.37. The van der Waals surface area contributed by atoms with Gasteiger partial charge in [-0.25, -0.2) is 4.79 Å². The van der Waals surface area contributed by atoms with E-state index < -0.39 is 0 Å². The minimum Gasteiger partial charge on any atom is -0.408 e. The summed E-state index contributed by atoms with van der Waals surface area (Å²) in [6.07, 6.45) is 4.77. The highest BCUT2D eigenvalue weighted by Gasteiger charge is 2.14. The van der Waals surface area contributed by atoms with Crippen LogP contribution in [0.15, 0.2) is 33.5 Å². The summed E-state index contributed by atoms with van der Waals surface area (Å²) in [5.74, 6) is -0.294. The van der Waals surface area contributed by atoms with Crippen molar-refractivity contribution in [2.75, 3.05) is 26.2 Å². The highest BCUT2D eigenvalue weighted by molar-refractivity contribution is 5.76. The number of likely N-dealkylation sites (tertiary alicyclic amines) is 1. The molecule has 0 spiro atoms. The maximum atomic E-state index is 11.9. The van der Waals surface area contributed by atoms with E-state index in [1.807, 2.05) is 18.2 Å². The van der Waals surface area contributed by atoms with Crippen molar-refractivity contribution < 1.29 is 14.1 Å². The molecule has 0 unspecified atom stereocenters. The van der Waals surface area contributed by atoms with Crippen LogP contribution in [0.5, 0.6) is 0 Å². The van der Waals surface area contributed by atoms with E-state index in [4.69, 9.17) is 4.42 Å². The number of amides is 1.